The number of nitrogens with zero attached hydrogens (tertiary/aromatic N) is 1. The second-order valence-electron chi connectivity index (χ2n) is 4.62. The van der Waals surface area contributed by atoms with Gasteiger partial charge in [-0.3, -0.25) is 0 Å². The molecule has 0 aromatic carbocycles. The summed E-state index contributed by atoms with van der Waals surface area (Å²) < 4.78 is 8.08. The van der Waals surface area contributed by atoms with Gasteiger partial charge in [0.15, 0.2) is 0 Å². The van der Waals surface area contributed by atoms with Crippen LogP contribution in [-0.2, 0) is 18.3 Å². The van der Waals surface area contributed by atoms with Crippen LogP contribution in [0.1, 0.15) is 26.5 Å². The van der Waals surface area contributed by atoms with E-state index in [9.17, 15) is 4.79 Å². The lowest BCUT2D eigenvalue weighted by atomic mass is 10.2. The molecular weight excluding hydrogens is 272 g/mol. The summed E-state index contributed by atoms with van der Waals surface area (Å²) in [5.74, 6) is 0. The number of hydrogen-bond donors (Lipinski definition) is 1. The predicted octanol–water partition coefficient (Wildman–Crippen LogP) is 2.81. The Balaban J connectivity index is 2.46. The van der Waals surface area contributed by atoms with E-state index in [2.05, 4.69) is 21.2 Å². The van der Waals surface area contributed by atoms with Crippen LogP contribution in [0.15, 0.2) is 16.7 Å². The van der Waals surface area contributed by atoms with Crippen molar-refractivity contribution >= 4 is 22.0 Å². The minimum Gasteiger partial charge on any atom is -0.444 e. The van der Waals surface area contributed by atoms with Crippen LogP contribution in [0.5, 0.6) is 0 Å². The summed E-state index contributed by atoms with van der Waals surface area (Å²) in [5, 5.41) is 2.71. The lowest BCUT2D eigenvalue weighted by Gasteiger charge is -2.19. The Morgan fingerprint density at radius 3 is 2.62 bits per heavy atom. The monoisotopic (exact) mass is 288 g/mol. The zero-order valence-corrected chi connectivity index (χ0v) is 11.6. The first-order valence-electron chi connectivity index (χ1n) is 5.05. The Morgan fingerprint density at radius 2 is 2.19 bits per heavy atom. The highest BCUT2D eigenvalue weighted by molar-refractivity contribution is 9.10. The van der Waals surface area contributed by atoms with E-state index in [1.807, 2.05) is 44.6 Å². The van der Waals surface area contributed by atoms with Crippen LogP contribution in [0.4, 0.5) is 4.79 Å². The molecule has 1 aromatic rings. The number of nitrogens with one attached hydrogen (secondary N) is 1. The summed E-state index contributed by atoms with van der Waals surface area (Å²) in [5.41, 5.74) is 0.552. The van der Waals surface area contributed by atoms with Gasteiger partial charge >= 0.3 is 6.09 Å². The van der Waals surface area contributed by atoms with Crippen LogP contribution in [0.2, 0.25) is 0 Å². The first-order chi connectivity index (χ1) is 7.28. The van der Waals surface area contributed by atoms with E-state index in [4.69, 9.17) is 4.74 Å². The van der Waals surface area contributed by atoms with Gasteiger partial charge in [0.1, 0.15) is 5.60 Å². The average Bonchev–Trinajstić information content (AvgIpc) is 2.38. The van der Waals surface area contributed by atoms with E-state index in [1.165, 1.54) is 0 Å². The topological polar surface area (TPSA) is 43.3 Å². The van der Waals surface area contributed by atoms with Crippen LogP contribution in [0.3, 0.4) is 0 Å². The Morgan fingerprint density at radius 1 is 1.56 bits per heavy atom. The van der Waals surface area contributed by atoms with Crippen molar-refractivity contribution in [2.24, 2.45) is 7.05 Å². The number of rotatable bonds is 2. The lowest BCUT2D eigenvalue weighted by molar-refractivity contribution is 0.0522. The van der Waals surface area contributed by atoms with Crippen molar-refractivity contribution in [1.82, 2.24) is 9.88 Å². The van der Waals surface area contributed by atoms with Crippen molar-refractivity contribution in [3.63, 3.8) is 0 Å². The number of alkyl carbamates (subject to hydrolysis) is 1. The second kappa shape index (κ2) is 4.91. The number of hydrogen-bond acceptors (Lipinski definition) is 2. The van der Waals surface area contributed by atoms with Gasteiger partial charge < -0.3 is 14.6 Å². The molecule has 0 spiro atoms. The molecule has 4 nitrogen and oxygen atoms in total. The molecule has 0 aliphatic carbocycles. The predicted molar refractivity (Wildman–Crippen MR) is 66.2 cm³/mol. The molecule has 5 heteroatoms. The molecule has 1 heterocycles. The molecule has 0 unspecified atom stereocenters. The van der Waals surface area contributed by atoms with Gasteiger partial charge in [-0.05, 0) is 42.8 Å². The van der Waals surface area contributed by atoms with Gasteiger partial charge in [0.2, 0.25) is 0 Å². The zero-order valence-electron chi connectivity index (χ0n) is 10.0. The van der Waals surface area contributed by atoms with E-state index in [1.54, 1.807) is 0 Å². The average molecular weight is 289 g/mol. The lowest BCUT2D eigenvalue weighted by Crippen LogP contribution is -2.32. The van der Waals surface area contributed by atoms with E-state index in [0.29, 0.717) is 6.54 Å². The van der Waals surface area contributed by atoms with Crippen molar-refractivity contribution < 1.29 is 9.53 Å². The Kier molecular flexibility index (Phi) is 4.02. The van der Waals surface area contributed by atoms with Crippen LogP contribution in [0, 0.1) is 0 Å². The van der Waals surface area contributed by atoms with Gasteiger partial charge in [-0.1, -0.05) is 0 Å². The third-order valence-electron chi connectivity index (χ3n) is 1.89. The fourth-order valence-corrected chi connectivity index (χ4v) is 1.79. The number of carbonyl (C=O) groups excluding carboxylic acids is 1. The minimum absolute atomic E-state index is 0.398. The molecule has 0 radical (unpaired) electrons. The van der Waals surface area contributed by atoms with E-state index < -0.39 is 11.7 Å². The highest BCUT2D eigenvalue weighted by Crippen LogP contribution is 2.13. The third kappa shape index (κ3) is 4.26. The van der Waals surface area contributed by atoms with Gasteiger partial charge in [0, 0.05) is 23.4 Å². The normalized spacial score (nSPS) is 11.3. The van der Waals surface area contributed by atoms with Crippen LogP contribution >= 0.6 is 15.9 Å². The molecule has 0 aliphatic rings. The molecular formula is C11H17BrN2O2. The number of ether oxygens (including phenoxy) is 1. The van der Waals surface area contributed by atoms with Crippen molar-refractivity contribution in [2.75, 3.05) is 0 Å². The molecule has 1 amide bonds. The van der Waals surface area contributed by atoms with Gasteiger partial charge in [0.25, 0.3) is 0 Å². The fraction of sp³-hybridized carbons (Fsp3) is 0.545. The van der Waals surface area contributed by atoms with E-state index >= 15 is 0 Å². The number of carbonyl (C=O) groups is 1. The minimum atomic E-state index is -0.459. The van der Waals surface area contributed by atoms with Crippen molar-refractivity contribution in [3.8, 4) is 0 Å². The molecule has 1 N–H and O–H groups in total. The quantitative estimate of drug-likeness (QED) is 0.909. The Labute approximate surface area is 104 Å². The fourth-order valence-electron chi connectivity index (χ4n) is 1.22. The first kappa shape index (κ1) is 13.1. The van der Waals surface area contributed by atoms with Gasteiger partial charge in [-0.15, -0.1) is 0 Å². The molecule has 90 valence electrons. The number of aromatic nitrogens is 1. The molecule has 16 heavy (non-hydrogen) atoms. The maximum atomic E-state index is 11.4. The summed E-state index contributed by atoms with van der Waals surface area (Å²) in [6.07, 6.45) is 1.54. The molecule has 0 fully saturated rings. The molecule has 1 rings (SSSR count). The number of aryl methyl sites for hydroxylation is 1. The highest BCUT2D eigenvalue weighted by Gasteiger charge is 2.15. The smallest absolute Gasteiger partial charge is 0.407 e. The summed E-state index contributed by atoms with van der Waals surface area (Å²) in [6.45, 7) is 5.97. The van der Waals surface area contributed by atoms with Crippen LogP contribution in [0.25, 0.3) is 0 Å². The molecule has 0 saturated carbocycles. The van der Waals surface area contributed by atoms with Gasteiger partial charge in [-0.2, -0.15) is 0 Å². The molecule has 0 saturated heterocycles. The van der Waals surface area contributed by atoms with Crippen LogP contribution in [-0.4, -0.2) is 16.3 Å². The second-order valence-corrected chi connectivity index (χ2v) is 5.53. The number of amides is 1. The van der Waals surface area contributed by atoms with E-state index in [0.717, 1.165) is 10.2 Å². The third-order valence-corrected chi connectivity index (χ3v) is 2.32. The molecule has 0 atom stereocenters. The van der Waals surface area contributed by atoms with E-state index in [-0.39, 0.29) is 0 Å². The van der Waals surface area contributed by atoms with Crippen molar-refractivity contribution in [3.05, 3.63) is 22.4 Å². The summed E-state index contributed by atoms with van der Waals surface area (Å²) in [7, 11) is 1.93. The summed E-state index contributed by atoms with van der Waals surface area (Å²) in [4.78, 5) is 11.4. The standard InChI is InChI=1S/C11H17BrN2O2/c1-11(2,3)16-10(15)13-6-9-5-8(12)7-14(9)4/h5,7H,6H2,1-4H3,(H,13,15). The summed E-state index contributed by atoms with van der Waals surface area (Å²) in [6, 6.07) is 1.96. The number of halogens is 1. The maximum absolute atomic E-state index is 11.4. The van der Waals surface area contributed by atoms with Crippen LogP contribution < -0.4 is 5.32 Å². The SMILES string of the molecule is Cn1cc(Br)cc1CNC(=O)OC(C)(C)C. The zero-order chi connectivity index (χ0) is 12.3. The summed E-state index contributed by atoms with van der Waals surface area (Å²) >= 11 is 3.37. The van der Waals surface area contributed by atoms with Crippen molar-refractivity contribution in [2.45, 2.75) is 32.9 Å². The maximum Gasteiger partial charge on any atom is 0.407 e. The first-order valence-corrected chi connectivity index (χ1v) is 5.85. The van der Waals surface area contributed by atoms with Gasteiger partial charge in [-0.25, -0.2) is 4.79 Å². The molecule has 0 aliphatic heterocycles. The molecule has 0 bridgehead atoms. The highest BCUT2D eigenvalue weighted by atomic mass is 79.9. The largest absolute Gasteiger partial charge is 0.444 e. The van der Waals surface area contributed by atoms with Gasteiger partial charge in [0.05, 0.1) is 6.54 Å². The molecule has 1 aromatic heterocycles. The van der Waals surface area contributed by atoms with Crippen molar-refractivity contribution in [1.29, 1.82) is 0 Å². The Bertz CT molecular complexity index is 380. The Hall–Kier alpha value is -0.970.